The van der Waals surface area contributed by atoms with Crippen LogP contribution in [0.15, 0.2) is 47.5 Å². The molecule has 0 saturated heterocycles. The first-order valence-electron chi connectivity index (χ1n) is 7.10. The van der Waals surface area contributed by atoms with Crippen molar-refractivity contribution < 1.29 is 4.74 Å². The van der Waals surface area contributed by atoms with Gasteiger partial charge in [-0.05, 0) is 36.2 Å². The molecule has 0 bridgehead atoms. The molecule has 116 valence electrons. The summed E-state index contributed by atoms with van der Waals surface area (Å²) in [6, 6.07) is 13.6. The second-order valence-electron chi connectivity index (χ2n) is 4.84. The molecule has 22 heavy (non-hydrogen) atoms. The van der Waals surface area contributed by atoms with Gasteiger partial charge in [-0.25, -0.2) is 4.99 Å². The number of nitrogens with zero attached hydrogens (tertiary/aromatic N) is 1. The van der Waals surface area contributed by atoms with E-state index in [1.165, 1.54) is 5.56 Å². The van der Waals surface area contributed by atoms with Crippen molar-refractivity contribution >= 4 is 23.2 Å². The monoisotopic (exact) mass is 317 g/mol. The third kappa shape index (κ3) is 4.40. The second-order valence-corrected chi connectivity index (χ2v) is 5.27. The lowest BCUT2D eigenvalue weighted by atomic mass is 10.1. The summed E-state index contributed by atoms with van der Waals surface area (Å²) in [5.74, 6) is 1.07. The second kappa shape index (κ2) is 7.71. The van der Waals surface area contributed by atoms with E-state index in [9.17, 15) is 0 Å². The molecule has 0 atom stereocenters. The van der Waals surface area contributed by atoms with Crippen LogP contribution in [-0.4, -0.2) is 13.1 Å². The molecule has 0 aromatic heterocycles. The molecule has 2 aromatic carbocycles. The predicted octanol–water partition coefficient (Wildman–Crippen LogP) is 3.84. The van der Waals surface area contributed by atoms with Gasteiger partial charge in [-0.3, -0.25) is 0 Å². The van der Waals surface area contributed by atoms with Crippen molar-refractivity contribution in [2.45, 2.75) is 19.9 Å². The van der Waals surface area contributed by atoms with Crippen LogP contribution in [0.1, 0.15) is 18.1 Å². The SMILES string of the molecule is CCc1cccc(NC(N)=NCc2ccc(Cl)cc2OC)c1. The fourth-order valence-electron chi connectivity index (χ4n) is 2.08. The molecule has 0 fully saturated rings. The van der Waals surface area contributed by atoms with Gasteiger partial charge >= 0.3 is 0 Å². The molecule has 0 unspecified atom stereocenters. The summed E-state index contributed by atoms with van der Waals surface area (Å²) in [5, 5.41) is 3.73. The van der Waals surface area contributed by atoms with Crippen LogP contribution in [0.3, 0.4) is 0 Å². The average molecular weight is 318 g/mol. The smallest absolute Gasteiger partial charge is 0.193 e. The molecular weight excluding hydrogens is 298 g/mol. The number of benzene rings is 2. The normalized spacial score (nSPS) is 11.3. The first-order valence-corrected chi connectivity index (χ1v) is 7.48. The Bertz CT molecular complexity index is 671. The minimum Gasteiger partial charge on any atom is -0.496 e. The molecule has 0 spiro atoms. The molecule has 0 amide bonds. The molecule has 0 heterocycles. The highest BCUT2D eigenvalue weighted by atomic mass is 35.5. The van der Waals surface area contributed by atoms with Crippen LogP contribution in [0.5, 0.6) is 5.75 Å². The van der Waals surface area contributed by atoms with Crippen molar-refractivity contribution in [3.63, 3.8) is 0 Å². The molecule has 2 aromatic rings. The van der Waals surface area contributed by atoms with Crippen LogP contribution in [0.4, 0.5) is 5.69 Å². The number of hydrogen-bond donors (Lipinski definition) is 2. The van der Waals surface area contributed by atoms with Gasteiger partial charge in [-0.15, -0.1) is 0 Å². The Morgan fingerprint density at radius 3 is 2.82 bits per heavy atom. The molecule has 0 aliphatic heterocycles. The van der Waals surface area contributed by atoms with Gasteiger partial charge in [0.05, 0.1) is 13.7 Å². The maximum atomic E-state index is 5.94. The van der Waals surface area contributed by atoms with Crippen molar-refractivity contribution in [2.75, 3.05) is 12.4 Å². The number of rotatable bonds is 5. The fraction of sp³-hybridized carbons (Fsp3) is 0.235. The van der Waals surface area contributed by atoms with Gasteiger partial charge in [0, 0.05) is 16.3 Å². The third-order valence-corrected chi connectivity index (χ3v) is 3.51. The number of guanidine groups is 1. The molecule has 0 radical (unpaired) electrons. The highest BCUT2D eigenvalue weighted by Gasteiger charge is 2.03. The summed E-state index contributed by atoms with van der Waals surface area (Å²) in [6.07, 6.45) is 0.981. The number of aryl methyl sites for hydroxylation is 1. The van der Waals surface area contributed by atoms with Crippen molar-refractivity contribution in [1.29, 1.82) is 0 Å². The van der Waals surface area contributed by atoms with E-state index in [-0.39, 0.29) is 0 Å². The molecule has 5 heteroatoms. The van der Waals surface area contributed by atoms with Crippen LogP contribution in [0, 0.1) is 0 Å². The minimum atomic E-state index is 0.366. The molecule has 4 nitrogen and oxygen atoms in total. The van der Waals surface area contributed by atoms with Gasteiger partial charge in [0.15, 0.2) is 5.96 Å². The summed E-state index contributed by atoms with van der Waals surface area (Å²) in [4.78, 5) is 4.34. The first-order chi connectivity index (χ1) is 10.6. The van der Waals surface area contributed by atoms with Crippen LogP contribution in [-0.2, 0) is 13.0 Å². The zero-order chi connectivity index (χ0) is 15.9. The average Bonchev–Trinajstić information content (AvgIpc) is 2.53. The Labute approximate surface area is 136 Å². The lowest BCUT2D eigenvalue weighted by molar-refractivity contribution is 0.410. The lowest BCUT2D eigenvalue weighted by Gasteiger charge is -2.09. The van der Waals surface area contributed by atoms with Crippen LogP contribution >= 0.6 is 11.6 Å². The van der Waals surface area contributed by atoms with Crippen molar-refractivity contribution in [3.8, 4) is 5.75 Å². The Kier molecular flexibility index (Phi) is 5.67. The molecule has 0 aliphatic carbocycles. The Balaban J connectivity index is 2.06. The standard InChI is InChI=1S/C17H20ClN3O/c1-3-12-5-4-6-15(9-12)21-17(19)20-11-13-7-8-14(18)10-16(13)22-2/h4-10H,3,11H2,1-2H3,(H3,19,20,21). The van der Waals surface area contributed by atoms with Gasteiger partial charge in [-0.2, -0.15) is 0 Å². The van der Waals surface area contributed by atoms with E-state index in [0.717, 1.165) is 17.7 Å². The van der Waals surface area contributed by atoms with Crippen LogP contribution in [0.2, 0.25) is 5.02 Å². The van der Waals surface area contributed by atoms with Gasteiger partial charge in [-0.1, -0.05) is 36.7 Å². The fourth-order valence-corrected chi connectivity index (χ4v) is 2.24. The maximum Gasteiger partial charge on any atom is 0.193 e. The number of halogens is 1. The zero-order valence-corrected chi connectivity index (χ0v) is 13.5. The summed E-state index contributed by atoms with van der Waals surface area (Å²) < 4.78 is 5.29. The van der Waals surface area contributed by atoms with E-state index in [1.807, 2.05) is 24.3 Å². The Hall–Kier alpha value is -2.20. The van der Waals surface area contributed by atoms with E-state index in [4.69, 9.17) is 22.1 Å². The molecule has 2 rings (SSSR count). The van der Waals surface area contributed by atoms with Crippen molar-refractivity contribution in [3.05, 3.63) is 58.6 Å². The number of hydrogen-bond acceptors (Lipinski definition) is 2. The number of methoxy groups -OCH3 is 1. The van der Waals surface area contributed by atoms with Gasteiger partial charge in [0.1, 0.15) is 5.75 Å². The highest BCUT2D eigenvalue weighted by Crippen LogP contribution is 2.23. The van der Waals surface area contributed by atoms with Gasteiger partial charge in [0.25, 0.3) is 0 Å². The number of ether oxygens (including phenoxy) is 1. The quantitative estimate of drug-likeness (QED) is 0.650. The van der Waals surface area contributed by atoms with E-state index >= 15 is 0 Å². The third-order valence-electron chi connectivity index (χ3n) is 3.28. The van der Waals surface area contributed by atoms with Crippen LogP contribution < -0.4 is 15.8 Å². The molecule has 0 saturated carbocycles. The minimum absolute atomic E-state index is 0.366. The van der Waals surface area contributed by atoms with E-state index < -0.39 is 0 Å². The van der Waals surface area contributed by atoms with Crippen molar-refractivity contribution in [1.82, 2.24) is 0 Å². The Morgan fingerprint density at radius 2 is 2.09 bits per heavy atom. The zero-order valence-electron chi connectivity index (χ0n) is 12.8. The van der Waals surface area contributed by atoms with E-state index in [1.54, 1.807) is 13.2 Å². The molecule has 3 N–H and O–H groups in total. The van der Waals surface area contributed by atoms with Crippen LogP contribution in [0.25, 0.3) is 0 Å². The first kappa shape index (κ1) is 16.2. The number of nitrogens with one attached hydrogen (secondary N) is 1. The number of anilines is 1. The van der Waals surface area contributed by atoms with E-state index in [0.29, 0.717) is 23.3 Å². The topological polar surface area (TPSA) is 59.6 Å². The highest BCUT2D eigenvalue weighted by molar-refractivity contribution is 6.30. The summed E-state index contributed by atoms with van der Waals surface area (Å²) >= 11 is 5.94. The predicted molar refractivity (Wildman–Crippen MR) is 92.8 cm³/mol. The van der Waals surface area contributed by atoms with E-state index in [2.05, 4.69) is 29.4 Å². The summed E-state index contributed by atoms with van der Waals surface area (Å²) in [7, 11) is 1.61. The number of aliphatic imine (C=N–C) groups is 1. The molecular formula is C17H20ClN3O. The summed E-state index contributed by atoms with van der Waals surface area (Å²) in [6.45, 7) is 2.54. The largest absolute Gasteiger partial charge is 0.496 e. The summed E-state index contributed by atoms with van der Waals surface area (Å²) in [5.41, 5.74) is 9.05. The van der Waals surface area contributed by atoms with Gasteiger partial charge in [0.2, 0.25) is 0 Å². The number of nitrogens with two attached hydrogens (primary N) is 1. The van der Waals surface area contributed by atoms with Gasteiger partial charge < -0.3 is 15.8 Å². The lowest BCUT2D eigenvalue weighted by Crippen LogP contribution is -2.22. The molecule has 0 aliphatic rings. The van der Waals surface area contributed by atoms with Crippen molar-refractivity contribution in [2.24, 2.45) is 10.7 Å². The Morgan fingerprint density at radius 1 is 1.27 bits per heavy atom. The maximum absolute atomic E-state index is 5.94.